The lowest BCUT2D eigenvalue weighted by Gasteiger charge is -2.09. The van der Waals surface area contributed by atoms with Gasteiger partial charge in [-0.3, -0.25) is 4.79 Å². The summed E-state index contributed by atoms with van der Waals surface area (Å²) in [5.74, 6) is -0.397. The lowest BCUT2D eigenvalue weighted by Crippen LogP contribution is -2.04. The third-order valence-electron chi connectivity index (χ3n) is 4.85. The third kappa shape index (κ3) is 4.01. The van der Waals surface area contributed by atoms with E-state index in [4.69, 9.17) is 27.6 Å². The van der Waals surface area contributed by atoms with E-state index in [2.05, 4.69) is 5.32 Å². The molecule has 0 aliphatic rings. The maximum absolute atomic E-state index is 13.1. The van der Waals surface area contributed by atoms with Crippen LogP contribution in [-0.4, -0.2) is 12.8 Å². The van der Waals surface area contributed by atoms with E-state index < -0.39 is 17.5 Å². The molecular weight excluding hydrogens is 450 g/mol. The lowest BCUT2D eigenvalue weighted by atomic mass is 10.0. The summed E-state index contributed by atoms with van der Waals surface area (Å²) >= 11 is 12.1. The number of hydrogen-bond donors (Lipinski definition) is 1. The van der Waals surface area contributed by atoms with Gasteiger partial charge in [-0.15, -0.1) is 0 Å². The van der Waals surface area contributed by atoms with Crippen molar-refractivity contribution in [3.8, 4) is 11.1 Å². The number of carbonyl (C=O) groups excluding carboxylic acids is 1. The summed E-state index contributed by atoms with van der Waals surface area (Å²) in [7, 11) is 1.64. The Morgan fingerprint density at radius 3 is 2.39 bits per heavy atom. The molecule has 0 aliphatic heterocycles. The number of ketones is 1. The summed E-state index contributed by atoms with van der Waals surface area (Å²) in [5.41, 5.74) is 1.20. The van der Waals surface area contributed by atoms with Crippen molar-refractivity contribution in [3.05, 3.63) is 87.6 Å². The molecule has 0 amide bonds. The smallest absolute Gasteiger partial charge is 0.416 e. The summed E-state index contributed by atoms with van der Waals surface area (Å²) in [5, 5.41) is 4.15. The Labute approximate surface area is 185 Å². The van der Waals surface area contributed by atoms with Crippen molar-refractivity contribution in [2.24, 2.45) is 0 Å². The summed E-state index contributed by atoms with van der Waals surface area (Å²) in [6.07, 6.45) is -4.44. The number of fused-ring (bicyclic) bond motifs is 1. The van der Waals surface area contributed by atoms with Crippen LogP contribution in [0, 0.1) is 0 Å². The molecule has 0 spiro atoms. The van der Waals surface area contributed by atoms with Crippen molar-refractivity contribution in [2.45, 2.75) is 6.18 Å². The predicted octanol–water partition coefficient (Wildman–Crippen LogP) is 7.70. The van der Waals surface area contributed by atoms with E-state index in [0.717, 1.165) is 12.1 Å². The number of hydrogen-bond acceptors (Lipinski definition) is 3. The van der Waals surface area contributed by atoms with Gasteiger partial charge in [0.2, 0.25) is 5.78 Å². The molecule has 0 saturated carbocycles. The molecule has 31 heavy (non-hydrogen) atoms. The van der Waals surface area contributed by atoms with E-state index in [9.17, 15) is 18.0 Å². The van der Waals surface area contributed by atoms with E-state index in [1.54, 1.807) is 37.4 Å². The Hall–Kier alpha value is -2.96. The minimum Gasteiger partial charge on any atom is -0.450 e. The molecule has 1 heterocycles. The fourth-order valence-corrected chi connectivity index (χ4v) is 3.85. The van der Waals surface area contributed by atoms with Crippen molar-refractivity contribution < 1.29 is 22.4 Å². The summed E-state index contributed by atoms with van der Waals surface area (Å²) in [4.78, 5) is 13.1. The van der Waals surface area contributed by atoms with Gasteiger partial charge in [-0.2, -0.15) is 13.2 Å². The molecule has 158 valence electrons. The average molecular weight is 464 g/mol. The van der Waals surface area contributed by atoms with Gasteiger partial charge in [0, 0.05) is 23.0 Å². The third-order valence-corrected chi connectivity index (χ3v) is 5.39. The predicted molar refractivity (Wildman–Crippen MR) is 116 cm³/mol. The zero-order valence-corrected chi connectivity index (χ0v) is 17.5. The Kier molecular flexibility index (Phi) is 5.45. The van der Waals surface area contributed by atoms with Crippen LogP contribution < -0.4 is 5.32 Å². The van der Waals surface area contributed by atoms with E-state index in [0.29, 0.717) is 32.8 Å². The molecule has 4 aromatic rings. The van der Waals surface area contributed by atoms with Gasteiger partial charge in [0.1, 0.15) is 5.58 Å². The van der Waals surface area contributed by atoms with E-state index >= 15 is 0 Å². The number of alkyl halides is 3. The van der Waals surface area contributed by atoms with Gasteiger partial charge >= 0.3 is 6.18 Å². The normalized spacial score (nSPS) is 11.7. The van der Waals surface area contributed by atoms with Gasteiger partial charge in [-0.25, -0.2) is 0 Å². The molecule has 0 fully saturated rings. The summed E-state index contributed by atoms with van der Waals surface area (Å²) < 4.78 is 45.0. The van der Waals surface area contributed by atoms with Crippen LogP contribution in [0.3, 0.4) is 0 Å². The molecule has 8 heteroatoms. The SMILES string of the molecule is CNc1c(C(=O)c2ccc(Cl)cc2Cl)oc2cc(-c3cccc(C(F)(F)F)c3)ccc12. The highest BCUT2D eigenvalue weighted by atomic mass is 35.5. The second-order valence-electron chi connectivity index (χ2n) is 6.80. The Balaban J connectivity index is 1.81. The molecule has 0 bridgehead atoms. The molecule has 3 aromatic carbocycles. The van der Waals surface area contributed by atoms with Gasteiger partial charge in [0.05, 0.1) is 16.3 Å². The van der Waals surface area contributed by atoms with Gasteiger partial charge in [-0.05, 0) is 53.6 Å². The van der Waals surface area contributed by atoms with Crippen molar-refractivity contribution in [3.63, 3.8) is 0 Å². The largest absolute Gasteiger partial charge is 0.450 e. The van der Waals surface area contributed by atoms with Crippen LogP contribution in [0.15, 0.2) is 65.1 Å². The quantitative estimate of drug-likeness (QED) is 0.315. The molecule has 1 N–H and O–H groups in total. The molecule has 0 saturated heterocycles. The highest BCUT2D eigenvalue weighted by Crippen LogP contribution is 2.37. The number of benzene rings is 3. The first-order valence-electron chi connectivity index (χ1n) is 9.10. The molecule has 0 radical (unpaired) electrons. The van der Waals surface area contributed by atoms with Crippen molar-refractivity contribution in [2.75, 3.05) is 12.4 Å². The number of furan rings is 1. The zero-order valence-electron chi connectivity index (χ0n) is 16.0. The second-order valence-corrected chi connectivity index (χ2v) is 7.64. The fraction of sp³-hybridized carbons (Fsp3) is 0.0870. The Morgan fingerprint density at radius 2 is 1.71 bits per heavy atom. The number of rotatable bonds is 4. The highest BCUT2D eigenvalue weighted by Gasteiger charge is 2.30. The van der Waals surface area contributed by atoms with E-state index in [-0.39, 0.29) is 16.3 Å². The average Bonchev–Trinajstić information content (AvgIpc) is 3.10. The monoisotopic (exact) mass is 463 g/mol. The van der Waals surface area contributed by atoms with Crippen LogP contribution in [0.5, 0.6) is 0 Å². The molecular formula is C23H14Cl2F3NO2. The van der Waals surface area contributed by atoms with Crippen LogP contribution in [0.25, 0.3) is 22.1 Å². The maximum Gasteiger partial charge on any atom is 0.416 e. The first-order valence-corrected chi connectivity index (χ1v) is 9.86. The Morgan fingerprint density at radius 1 is 0.968 bits per heavy atom. The minimum absolute atomic E-state index is 0.0444. The van der Waals surface area contributed by atoms with Crippen molar-refractivity contribution in [1.29, 1.82) is 0 Å². The molecule has 1 aromatic heterocycles. The van der Waals surface area contributed by atoms with Gasteiger partial charge in [0.25, 0.3) is 0 Å². The molecule has 3 nitrogen and oxygen atoms in total. The van der Waals surface area contributed by atoms with Crippen molar-refractivity contribution in [1.82, 2.24) is 0 Å². The lowest BCUT2D eigenvalue weighted by molar-refractivity contribution is -0.137. The van der Waals surface area contributed by atoms with Gasteiger partial charge in [-0.1, -0.05) is 41.4 Å². The highest BCUT2D eigenvalue weighted by molar-refractivity contribution is 6.37. The first-order chi connectivity index (χ1) is 14.7. The summed E-state index contributed by atoms with van der Waals surface area (Å²) in [6.45, 7) is 0. The number of anilines is 1. The zero-order chi connectivity index (χ0) is 22.3. The van der Waals surface area contributed by atoms with Crippen LogP contribution >= 0.6 is 23.2 Å². The van der Waals surface area contributed by atoms with E-state index in [1.807, 2.05) is 0 Å². The number of nitrogens with one attached hydrogen (secondary N) is 1. The van der Waals surface area contributed by atoms with Gasteiger partial charge < -0.3 is 9.73 Å². The van der Waals surface area contributed by atoms with Crippen LogP contribution in [0.1, 0.15) is 21.7 Å². The Bertz CT molecular complexity index is 1310. The van der Waals surface area contributed by atoms with Gasteiger partial charge in [0.15, 0.2) is 5.76 Å². The number of carbonyl (C=O) groups is 1. The van der Waals surface area contributed by atoms with Crippen LogP contribution in [0.2, 0.25) is 10.0 Å². The first kappa shape index (κ1) is 21.3. The summed E-state index contributed by atoms with van der Waals surface area (Å²) in [6, 6.07) is 14.5. The molecule has 0 atom stereocenters. The molecule has 0 aliphatic carbocycles. The number of halogens is 5. The minimum atomic E-state index is -4.44. The standard InChI is InChI=1S/C23H14Cl2F3NO2/c1-29-20-17-7-5-13(12-3-2-4-14(9-12)23(26,27)28)10-19(17)31-22(20)21(30)16-8-6-15(24)11-18(16)25/h2-11,29H,1H3. The van der Waals surface area contributed by atoms with Crippen molar-refractivity contribution >= 4 is 45.6 Å². The molecule has 0 unspecified atom stereocenters. The maximum atomic E-state index is 13.1. The molecule has 4 rings (SSSR count). The van der Waals surface area contributed by atoms with Crippen LogP contribution in [-0.2, 0) is 6.18 Å². The second kappa shape index (κ2) is 7.94. The van der Waals surface area contributed by atoms with Crippen LogP contribution in [0.4, 0.5) is 18.9 Å². The van der Waals surface area contributed by atoms with E-state index in [1.165, 1.54) is 18.2 Å². The topological polar surface area (TPSA) is 42.2 Å². The fourth-order valence-electron chi connectivity index (χ4n) is 3.36.